The van der Waals surface area contributed by atoms with Crippen molar-refractivity contribution in [3.05, 3.63) is 59.0 Å². The van der Waals surface area contributed by atoms with Crippen molar-refractivity contribution in [2.24, 2.45) is 0 Å². The molecule has 29 heavy (non-hydrogen) atoms. The van der Waals surface area contributed by atoms with Crippen LogP contribution in [0.5, 0.6) is 11.5 Å². The molecule has 1 aromatic heterocycles. The fourth-order valence-corrected chi connectivity index (χ4v) is 4.68. The monoisotopic (exact) mass is 413 g/mol. The lowest BCUT2D eigenvalue weighted by molar-refractivity contribution is 0.0993. The van der Waals surface area contributed by atoms with Crippen LogP contribution in [0.2, 0.25) is 0 Å². The molecule has 1 amide bonds. The van der Waals surface area contributed by atoms with Crippen LogP contribution >= 0.6 is 0 Å². The van der Waals surface area contributed by atoms with Gasteiger partial charge < -0.3 is 14.2 Å². The molecule has 0 atom stereocenters. The zero-order chi connectivity index (χ0) is 20.9. The van der Waals surface area contributed by atoms with Gasteiger partial charge in [0, 0.05) is 12.7 Å². The smallest absolute Gasteiger partial charge is 0.267 e. The van der Waals surface area contributed by atoms with Crippen molar-refractivity contribution in [1.82, 2.24) is 5.16 Å². The van der Waals surface area contributed by atoms with Gasteiger partial charge in [0.05, 0.1) is 11.3 Å². The fourth-order valence-electron chi connectivity index (χ4n) is 3.30. The Bertz CT molecular complexity index is 1230. The van der Waals surface area contributed by atoms with E-state index in [1.807, 2.05) is 19.1 Å². The van der Waals surface area contributed by atoms with E-state index < -0.39 is 10.0 Å². The van der Waals surface area contributed by atoms with E-state index in [9.17, 15) is 13.2 Å². The summed E-state index contributed by atoms with van der Waals surface area (Å²) in [6.07, 6.45) is 0. The summed E-state index contributed by atoms with van der Waals surface area (Å²) in [5.74, 6) is 0.788. The highest BCUT2D eigenvalue weighted by Gasteiger charge is 2.28. The van der Waals surface area contributed by atoms with Crippen LogP contribution in [-0.4, -0.2) is 26.5 Å². The second-order valence-electron chi connectivity index (χ2n) is 6.91. The third-order valence-corrected chi connectivity index (χ3v) is 6.32. The van der Waals surface area contributed by atoms with E-state index >= 15 is 0 Å². The first-order valence-corrected chi connectivity index (χ1v) is 10.3. The molecule has 0 fully saturated rings. The van der Waals surface area contributed by atoms with E-state index in [0.717, 1.165) is 5.56 Å². The predicted octanol–water partition coefficient (Wildman–Crippen LogP) is 3.78. The molecule has 4 rings (SSSR count). The van der Waals surface area contributed by atoms with Gasteiger partial charge in [0.15, 0.2) is 16.4 Å². The SMILES string of the molecule is Cc1ccc2c(c1)N(C)C(=O)c1cc(NS(=O)(=O)c3c(C)noc3C)ccc1O2. The number of carbonyl (C=O) groups excluding carboxylic acids is 1. The number of benzene rings is 2. The number of nitrogens with one attached hydrogen (secondary N) is 1. The molecule has 0 spiro atoms. The predicted molar refractivity (Wildman–Crippen MR) is 107 cm³/mol. The van der Waals surface area contributed by atoms with Crippen LogP contribution in [0.1, 0.15) is 27.4 Å². The summed E-state index contributed by atoms with van der Waals surface area (Å²) in [7, 11) is -2.28. The lowest BCUT2D eigenvalue weighted by Crippen LogP contribution is -2.25. The van der Waals surface area contributed by atoms with Crippen molar-refractivity contribution in [3.8, 4) is 11.5 Å². The molecular weight excluding hydrogens is 394 g/mol. The van der Waals surface area contributed by atoms with Gasteiger partial charge in [0.25, 0.3) is 15.9 Å². The number of sulfonamides is 1. The number of carbonyl (C=O) groups is 1. The molecule has 0 radical (unpaired) electrons. The molecule has 0 unspecified atom stereocenters. The summed E-state index contributed by atoms with van der Waals surface area (Å²) in [6.45, 7) is 5.00. The van der Waals surface area contributed by atoms with Gasteiger partial charge in [-0.1, -0.05) is 11.2 Å². The molecular formula is C20H19N3O5S. The third-order valence-electron chi connectivity index (χ3n) is 4.70. The van der Waals surface area contributed by atoms with E-state index in [-0.39, 0.29) is 33.5 Å². The van der Waals surface area contributed by atoms with Gasteiger partial charge in [-0.3, -0.25) is 9.52 Å². The van der Waals surface area contributed by atoms with Gasteiger partial charge in [-0.25, -0.2) is 8.42 Å². The quantitative estimate of drug-likeness (QED) is 0.701. The molecule has 0 saturated carbocycles. The second kappa shape index (κ2) is 6.63. The van der Waals surface area contributed by atoms with Crippen LogP contribution in [0.25, 0.3) is 0 Å². The Balaban J connectivity index is 1.73. The molecule has 150 valence electrons. The minimum atomic E-state index is -3.93. The van der Waals surface area contributed by atoms with Gasteiger partial charge in [-0.2, -0.15) is 0 Å². The maximum absolute atomic E-state index is 13.0. The Morgan fingerprint density at radius 3 is 2.45 bits per heavy atom. The van der Waals surface area contributed by atoms with E-state index in [2.05, 4.69) is 9.88 Å². The number of nitrogens with zero attached hydrogens (tertiary/aromatic N) is 2. The zero-order valence-electron chi connectivity index (χ0n) is 16.3. The van der Waals surface area contributed by atoms with Crippen LogP contribution < -0.4 is 14.4 Å². The van der Waals surface area contributed by atoms with Crippen LogP contribution in [0, 0.1) is 20.8 Å². The van der Waals surface area contributed by atoms with Crippen molar-refractivity contribution < 1.29 is 22.5 Å². The average Bonchev–Trinajstić information content (AvgIpc) is 2.97. The van der Waals surface area contributed by atoms with Crippen molar-refractivity contribution >= 4 is 27.3 Å². The van der Waals surface area contributed by atoms with Gasteiger partial charge >= 0.3 is 0 Å². The first-order valence-electron chi connectivity index (χ1n) is 8.83. The molecule has 0 bridgehead atoms. The van der Waals surface area contributed by atoms with Crippen molar-refractivity contribution in [2.45, 2.75) is 25.7 Å². The van der Waals surface area contributed by atoms with Gasteiger partial charge in [-0.15, -0.1) is 0 Å². The second-order valence-corrected chi connectivity index (χ2v) is 8.53. The van der Waals surface area contributed by atoms with E-state index in [1.165, 1.54) is 17.9 Å². The van der Waals surface area contributed by atoms with Crippen LogP contribution in [0.4, 0.5) is 11.4 Å². The van der Waals surface area contributed by atoms with Gasteiger partial charge in [-0.05, 0) is 56.7 Å². The molecule has 1 N–H and O–H groups in total. The minimum Gasteiger partial charge on any atom is -0.454 e. The molecule has 3 aromatic rings. The number of hydrogen-bond donors (Lipinski definition) is 1. The van der Waals surface area contributed by atoms with Gasteiger partial charge in [0.2, 0.25) is 0 Å². The van der Waals surface area contributed by atoms with Crippen LogP contribution in [0.15, 0.2) is 45.8 Å². The summed E-state index contributed by atoms with van der Waals surface area (Å²) in [5.41, 5.74) is 2.38. The maximum Gasteiger partial charge on any atom is 0.267 e. The normalized spacial score (nSPS) is 13.4. The molecule has 2 heterocycles. The number of hydrogen-bond acceptors (Lipinski definition) is 6. The van der Waals surface area contributed by atoms with E-state index in [0.29, 0.717) is 17.2 Å². The van der Waals surface area contributed by atoms with Gasteiger partial charge in [0.1, 0.15) is 11.4 Å². The summed E-state index contributed by atoms with van der Waals surface area (Å²) >= 11 is 0. The Morgan fingerprint density at radius 2 is 1.76 bits per heavy atom. The Labute approximate surface area is 168 Å². The first-order chi connectivity index (χ1) is 13.7. The number of ether oxygens (including phenoxy) is 1. The molecule has 0 aliphatic carbocycles. The topological polar surface area (TPSA) is 102 Å². The van der Waals surface area contributed by atoms with Crippen molar-refractivity contribution in [3.63, 3.8) is 0 Å². The summed E-state index contributed by atoms with van der Waals surface area (Å²) in [4.78, 5) is 14.5. The standard InChI is InChI=1S/C20H19N3O5S/c1-11-5-7-18-16(9-11)23(4)20(24)15-10-14(6-8-17(15)27-18)22-29(25,26)19-12(2)21-28-13(19)3/h5-10,22H,1-4H3. The van der Waals surface area contributed by atoms with Crippen LogP contribution in [0.3, 0.4) is 0 Å². The Hall–Kier alpha value is -3.33. The Morgan fingerprint density at radius 1 is 1.03 bits per heavy atom. The molecule has 9 heteroatoms. The highest BCUT2D eigenvalue weighted by molar-refractivity contribution is 7.92. The highest BCUT2D eigenvalue weighted by Crippen LogP contribution is 2.39. The van der Waals surface area contributed by atoms with E-state index in [1.54, 1.807) is 32.2 Å². The molecule has 0 saturated heterocycles. The average molecular weight is 413 g/mol. The summed E-state index contributed by atoms with van der Waals surface area (Å²) in [5, 5.41) is 3.68. The first kappa shape index (κ1) is 19.0. The number of aromatic nitrogens is 1. The number of aryl methyl sites for hydroxylation is 3. The molecule has 1 aliphatic heterocycles. The highest BCUT2D eigenvalue weighted by atomic mass is 32.2. The maximum atomic E-state index is 13.0. The number of amides is 1. The van der Waals surface area contributed by atoms with Crippen molar-refractivity contribution in [2.75, 3.05) is 16.7 Å². The summed E-state index contributed by atoms with van der Waals surface area (Å²) < 4.78 is 38.9. The number of anilines is 2. The molecule has 1 aliphatic rings. The van der Waals surface area contributed by atoms with Crippen molar-refractivity contribution in [1.29, 1.82) is 0 Å². The zero-order valence-corrected chi connectivity index (χ0v) is 17.1. The third kappa shape index (κ3) is 3.23. The summed E-state index contributed by atoms with van der Waals surface area (Å²) in [6, 6.07) is 10.1. The molecule has 2 aromatic carbocycles. The van der Waals surface area contributed by atoms with E-state index in [4.69, 9.17) is 9.26 Å². The molecule has 8 nitrogen and oxygen atoms in total. The lowest BCUT2D eigenvalue weighted by Gasteiger charge is -2.17. The largest absolute Gasteiger partial charge is 0.454 e. The lowest BCUT2D eigenvalue weighted by atomic mass is 10.1. The minimum absolute atomic E-state index is 0.0185. The number of rotatable bonds is 3. The fraction of sp³-hybridized carbons (Fsp3) is 0.200. The van der Waals surface area contributed by atoms with Crippen LogP contribution in [-0.2, 0) is 10.0 Å². The number of fused-ring (bicyclic) bond motifs is 2. The Kier molecular flexibility index (Phi) is 4.34.